The van der Waals surface area contributed by atoms with E-state index in [2.05, 4.69) is 25.1 Å². The van der Waals surface area contributed by atoms with E-state index in [1.807, 2.05) is 18.2 Å². The standard InChI is InChI=1S/C21H22N2O/c1-12-6-9-15(21(24)16-4-2-3-5-18(16)23)17-10-13-7-8-14(11-22)20(13)19(12)17/h3,5-9,20H,2,4,10-11,22-23H2,1H3. The summed E-state index contributed by atoms with van der Waals surface area (Å²) in [5, 5.41) is 0. The molecule has 1 atom stereocenters. The second kappa shape index (κ2) is 5.60. The fourth-order valence-electron chi connectivity index (χ4n) is 4.24. The normalized spacial score (nSPS) is 21.5. The lowest BCUT2D eigenvalue weighted by Crippen LogP contribution is -2.15. The van der Waals surface area contributed by atoms with E-state index in [4.69, 9.17) is 11.5 Å². The van der Waals surface area contributed by atoms with Crippen LogP contribution in [0.5, 0.6) is 0 Å². The molecule has 0 saturated carbocycles. The fourth-order valence-corrected chi connectivity index (χ4v) is 4.24. The lowest BCUT2D eigenvalue weighted by Gasteiger charge is -2.18. The monoisotopic (exact) mass is 318 g/mol. The molecule has 0 bridgehead atoms. The molecule has 0 saturated heterocycles. The van der Waals surface area contributed by atoms with Gasteiger partial charge in [0.2, 0.25) is 0 Å². The molecule has 24 heavy (non-hydrogen) atoms. The highest BCUT2D eigenvalue weighted by Gasteiger charge is 2.36. The van der Waals surface area contributed by atoms with Gasteiger partial charge in [0.25, 0.3) is 0 Å². The number of hydrogen-bond donors (Lipinski definition) is 2. The molecule has 0 heterocycles. The number of Topliss-reactive ketones (excluding diaryl/α,β-unsaturated/α-hetero) is 1. The molecular weight excluding hydrogens is 296 g/mol. The molecular formula is C21H22N2O. The van der Waals surface area contributed by atoms with E-state index in [1.165, 1.54) is 27.8 Å². The van der Waals surface area contributed by atoms with Gasteiger partial charge in [0, 0.05) is 29.3 Å². The van der Waals surface area contributed by atoms with Crippen molar-refractivity contribution in [1.29, 1.82) is 0 Å². The number of nitrogens with two attached hydrogens (primary N) is 2. The van der Waals surface area contributed by atoms with Crippen molar-refractivity contribution in [1.82, 2.24) is 0 Å². The van der Waals surface area contributed by atoms with Gasteiger partial charge < -0.3 is 11.5 Å². The average molecular weight is 318 g/mol. The van der Waals surface area contributed by atoms with Crippen molar-refractivity contribution in [3.05, 3.63) is 81.1 Å². The quantitative estimate of drug-likeness (QED) is 0.841. The predicted octanol–water partition coefficient (Wildman–Crippen LogP) is 3.21. The van der Waals surface area contributed by atoms with Gasteiger partial charge in [0.05, 0.1) is 0 Å². The molecule has 1 aromatic rings. The van der Waals surface area contributed by atoms with Crippen LogP contribution in [-0.4, -0.2) is 12.3 Å². The zero-order valence-electron chi connectivity index (χ0n) is 13.9. The van der Waals surface area contributed by atoms with Gasteiger partial charge in [0.1, 0.15) is 0 Å². The van der Waals surface area contributed by atoms with Crippen LogP contribution in [0, 0.1) is 6.92 Å². The van der Waals surface area contributed by atoms with Crippen LogP contribution >= 0.6 is 0 Å². The van der Waals surface area contributed by atoms with Gasteiger partial charge in [-0.05, 0) is 54.5 Å². The topological polar surface area (TPSA) is 69.1 Å². The summed E-state index contributed by atoms with van der Waals surface area (Å²) in [5.74, 6) is 0.363. The van der Waals surface area contributed by atoms with Crippen LogP contribution in [-0.2, 0) is 6.42 Å². The maximum Gasteiger partial charge on any atom is 0.191 e. The smallest absolute Gasteiger partial charge is 0.191 e. The third-order valence-electron chi connectivity index (χ3n) is 5.46. The Bertz CT molecular complexity index is 868. The van der Waals surface area contributed by atoms with Crippen LogP contribution < -0.4 is 11.5 Å². The molecule has 0 aliphatic heterocycles. The molecule has 0 radical (unpaired) electrons. The second-order valence-electron chi connectivity index (χ2n) is 6.82. The van der Waals surface area contributed by atoms with Gasteiger partial charge in [-0.25, -0.2) is 0 Å². The Hall–Kier alpha value is -2.39. The van der Waals surface area contributed by atoms with Gasteiger partial charge in [-0.1, -0.05) is 35.9 Å². The first-order valence-electron chi connectivity index (χ1n) is 8.53. The third kappa shape index (κ3) is 2.12. The summed E-state index contributed by atoms with van der Waals surface area (Å²) < 4.78 is 0. The zero-order chi connectivity index (χ0) is 16.8. The van der Waals surface area contributed by atoms with E-state index in [0.717, 1.165) is 30.4 Å². The molecule has 3 aliphatic carbocycles. The summed E-state index contributed by atoms with van der Waals surface area (Å²) >= 11 is 0. The summed E-state index contributed by atoms with van der Waals surface area (Å²) in [4.78, 5) is 13.1. The van der Waals surface area contributed by atoms with Gasteiger partial charge in [-0.3, -0.25) is 4.79 Å². The SMILES string of the molecule is Cc1ccc(C(=O)C2=C(N)C=CCC2)c2c1C1C(CN)=CC=C1C2. The van der Waals surface area contributed by atoms with Crippen LogP contribution in [0.1, 0.15) is 45.8 Å². The number of allylic oxidation sites excluding steroid dienone is 6. The summed E-state index contributed by atoms with van der Waals surface area (Å²) in [6, 6.07) is 4.04. The molecule has 3 heteroatoms. The Morgan fingerprint density at radius 3 is 2.88 bits per heavy atom. The van der Waals surface area contributed by atoms with E-state index >= 15 is 0 Å². The number of aryl methyl sites for hydroxylation is 1. The number of rotatable bonds is 3. The highest BCUT2D eigenvalue weighted by molar-refractivity contribution is 6.11. The molecule has 122 valence electrons. The maximum absolute atomic E-state index is 13.1. The minimum absolute atomic E-state index is 0.0898. The van der Waals surface area contributed by atoms with Gasteiger partial charge in [-0.15, -0.1) is 0 Å². The Labute approximate surface area is 142 Å². The van der Waals surface area contributed by atoms with Crippen LogP contribution in [0.3, 0.4) is 0 Å². The summed E-state index contributed by atoms with van der Waals surface area (Å²) in [6.07, 6.45) is 10.6. The number of fused-ring (bicyclic) bond motifs is 3. The van der Waals surface area contributed by atoms with Crippen molar-refractivity contribution in [3.8, 4) is 0 Å². The van der Waals surface area contributed by atoms with Crippen LogP contribution in [0.25, 0.3) is 0 Å². The molecule has 0 aromatic heterocycles. The molecule has 4 rings (SSSR count). The van der Waals surface area contributed by atoms with Crippen LogP contribution in [0.15, 0.2) is 58.9 Å². The lowest BCUT2D eigenvalue weighted by molar-refractivity contribution is 0.102. The number of carbonyl (C=O) groups is 1. The van der Waals surface area contributed by atoms with Gasteiger partial charge >= 0.3 is 0 Å². The van der Waals surface area contributed by atoms with E-state index in [1.54, 1.807) is 0 Å². The predicted molar refractivity (Wildman–Crippen MR) is 96.8 cm³/mol. The minimum atomic E-state index is 0.0898. The van der Waals surface area contributed by atoms with Crippen molar-refractivity contribution >= 4 is 5.78 Å². The lowest BCUT2D eigenvalue weighted by atomic mass is 9.86. The highest BCUT2D eigenvalue weighted by Crippen LogP contribution is 2.48. The number of benzene rings is 1. The second-order valence-corrected chi connectivity index (χ2v) is 6.82. The van der Waals surface area contributed by atoms with Gasteiger partial charge in [0.15, 0.2) is 5.78 Å². The molecule has 0 fully saturated rings. The van der Waals surface area contributed by atoms with Crippen molar-refractivity contribution < 1.29 is 4.79 Å². The molecule has 0 spiro atoms. The third-order valence-corrected chi connectivity index (χ3v) is 5.46. The zero-order valence-corrected chi connectivity index (χ0v) is 13.9. The Morgan fingerprint density at radius 1 is 1.29 bits per heavy atom. The van der Waals surface area contributed by atoms with E-state index in [9.17, 15) is 4.79 Å². The number of hydrogen-bond acceptors (Lipinski definition) is 3. The highest BCUT2D eigenvalue weighted by atomic mass is 16.1. The van der Waals surface area contributed by atoms with Crippen LogP contribution in [0.4, 0.5) is 0 Å². The minimum Gasteiger partial charge on any atom is -0.398 e. The molecule has 1 aromatic carbocycles. The molecule has 0 amide bonds. The summed E-state index contributed by atoms with van der Waals surface area (Å²) in [5.41, 5.74) is 20.5. The van der Waals surface area contributed by atoms with Gasteiger partial charge in [-0.2, -0.15) is 0 Å². The number of carbonyl (C=O) groups excluding carboxylic acids is 1. The Balaban J connectivity index is 1.83. The van der Waals surface area contributed by atoms with E-state index < -0.39 is 0 Å². The van der Waals surface area contributed by atoms with E-state index in [0.29, 0.717) is 12.2 Å². The molecule has 1 unspecified atom stereocenters. The first-order chi connectivity index (χ1) is 11.6. The largest absolute Gasteiger partial charge is 0.398 e. The van der Waals surface area contributed by atoms with Crippen molar-refractivity contribution in [2.45, 2.75) is 32.1 Å². The molecule has 3 aliphatic rings. The molecule has 3 nitrogen and oxygen atoms in total. The summed E-state index contributed by atoms with van der Waals surface area (Å²) in [6.45, 7) is 2.68. The first kappa shape index (κ1) is 15.2. The average Bonchev–Trinajstić information content (AvgIpc) is 3.14. The Kier molecular flexibility index (Phi) is 3.54. The van der Waals surface area contributed by atoms with Crippen LogP contribution in [0.2, 0.25) is 0 Å². The van der Waals surface area contributed by atoms with E-state index in [-0.39, 0.29) is 11.7 Å². The fraction of sp³-hybridized carbons (Fsp3) is 0.286. The van der Waals surface area contributed by atoms with Crippen molar-refractivity contribution in [2.75, 3.05) is 6.54 Å². The first-order valence-corrected chi connectivity index (χ1v) is 8.53. The summed E-state index contributed by atoms with van der Waals surface area (Å²) in [7, 11) is 0. The maximum atomic E-state index is 13.1. The van der Waals surface area contributed by atoms with Crippen molar-refractivity contribution in [3.63, 3.8) is 0 Å². The van der Waals surface area contributed by atoms with Crippen molar-refractivity contribution in [2.24, 2.45) is 11.5 Å². The number of ketones is 1. The molecule has 4 N–H and O–H groups in total. The Morgan fingerprint density at radius 2 is 2.12 bits per heavy atom.